The number of benzene rings is 3. The molecule has 0 saturated carbocycles. The Hall–Kier alpha value is -2.54. The van der Waals surface area contributed by atoms with Crippen LogP contribution in [-0.2, 0) is 0 Å². The molecule has 1 N–H and O–H groups in total. The summed E-state index contributed by atoms with van der Waals surface area (Å²) >= 11 is 0. The van der Waals surface area contributed by atoms with E-state index in [2.05, 4.69) is 50.2 Å². The lowest BCUT2D eigenvalue weighted by atomic mass is 9.92. The van der Waals surface area contributed by atoms with Gasteiger partial charge in [0.1, 0.15) is 5.75 Å². The summed E-state index contributed by atoms with van der Waals surface area (Å²) in [6.45, 7) is 4.20. The predicted octanol–water partition coefficient (Wildman–Crippen LogP) is 5.34. The quantitative estimate of drug-likeness (QED) is 0.668. The van der Waals surface area contributed by atoms with E-state index in [9.17, 15) is 5.11 Å². The standard InChI is InChI=1S/C20H18O/c1-14-10-12-16(13-11-14)17-7-5-8-18(15(17)2)19-6-3-4-9-20(19)21/h3-13,21H,1-2H3. The Kier molecular flexibility index (Phi) is 3.49. The van der Waals surface area contributed by atoms with E-state index in [0.29, 0.717) is 5.75 Å². The average Bonchev–Trinajstić information content (AvgIpc) is 2.50. The van der Waals surface area contributed by atoms with Crippen LogP contribution >= 0.6 is 0 Å². The Labute approximate surface area is 125 Å². The van der Waals surface area contributed by atoms with Gasteiger partial charge in [-0.1, -0.05) is 66.2 Å². The lowest BCUT2D eigenvalue weighted by molar-refractivity contribution is 0.477. The Morgan fingerprint density at radius 3 is 1.95 bits per heavy atom. The van der Waals surface area contributed by atoms with Crippen LogP contribution in [0.5, 0.6) is 5.75 Å². The second kappa shape index (κ2) is 5.45. The van der Waals surface area contributed by atoms with Crippen LogP contribution in [0, 0.1) is 13.8 Å². The summed E-state index contributed by atoms with van der Waals surface area (Å²) < 4.78 is 0. The lowest BCUT2D eigenvalue weighted by Gasteiger charge is -2.13. The van der Waals surface area contributed by atoms with Gasteiger partial charge in [0.05, 0.1) is 0 Å². The number of hydrogen-bond acceptors (Lipinski definition) is 1. The van der Waals surface area contributed by atoms with Crippen molar-refractivity contribution in [2.75, 3.05) is 0 Å². The fourth-order valence-corrected chi connectivity index (χ4v) is 2.67. The average molecular weight is 274 g/mol. The fourth-order valence-electron chi connectivity index (χ4n) is 2.67. The Morgan fingerprint density at radius 2 is 1.24 bits per heavy atom. The molecule has 0 bridgehead atoms. The van der Waals surface area contributed by atoms with Gasteiger partial charge in [0.2, 0.25) is 0 Å². The van der Waals surface area contributed by atoms with Gasteiger partial charge in [0.15, 0.2) is 0 Å². The van der Waals surface area contributed by atoms with E-state index in [1.54, 1.807) is 6.07 Å². The van der Waals surface area contributed by atoms with Gasteiger partial charge in [-0.2, -0.15) is 0 Å². The number of phenolic OH excluding ortho intramolecular Hbond substituents is 1. The van der Waals surface area contributed by atoms with E-state index in [0.717, 1.165) is 11.1 Å². The van der Waals surface area contributed by atoms with Gasteiger partial charge in [-0.3, -0.25) is 0 Å². The van der Waals surface area contributed by atoms with Crippen molar-refractivity contribution < 1.29 is 5.11 Å². The molecule has 0 aliphatic rings. The molecule has 0 heterocycles. The molecule has 21 heavy (non-hydrogen) atoms. The number of aryl methyl sites for hydroxylation is 1. The molecule has 0 atom stereocenters. The zero-order chi connectivity index (χ0) is 14.8. The van der Waals surface area contributed by atoms with Crippen molar-refractivity contribution in [2.45, 2.75) is 13.8 Å². The molecule has 3 aromatic carbocycles. The number of para-hydroxylation sites is 1. The zero-order valence-electron chi connectivity index (χ0n) is 12.3. The summed E-state index contributed by atoms with van der Waals surface area (Å²) in [7, 11) is 0. The molecular weight excluding hydrogens is 256 g/mol. The number of aromatic hydroxyl groups is 1. The van der Waals surface area contributed by atoms with Crippen molar-refractivity contribution in [1.29, 1.82) is 0 Å². The third-order valence-corrected chi connectivity index (χ3v) is 3.89. The molecule has 0 aliphatic carbocycles. The maximum Gasteiger partial charge on any atom is 0.123 e. The smallest absolute Gasteiger partial charge is 0.123 e. The molecule has 3 aromatic rings. The van der Waals surface area contributed by atoms with Crippen LogP contribution in [0.25, 0.3) is 22.3 Å². The summed E-state index contributed by atoms with van der Waals surface area (Å²) in [5.41, 5.74) is 6.80. The summed E-state index contributed by atoms with van der Waals surface area (Å²) in [5, 5.41) is 10.1. The van der Waals surface area contributed by atoms with Crippen molar-refractivity contribution in [3.05, 3.63) is 77.9 Å². The SMILES string of the molecule is Cc1ccc(-c2cccc(-c3ccccc3O)c2C)cc1. The molecule has 0 aliphatic heterocycles. The maximum absolute atomic E-state index is 10.1. The molecular formula is C20H18O. The molecule has 0 spiro atoms. The Balaban J connectivity index is 2.16. The third kappa shape index (κ3) is 2.55. The van der Waals surface area contributed by atoms with E-state index < -0.39 is 0 Å². The molecule has 0 amide bonds. The van der Waals surface area contributed by atoms with Crippen molar-refractivity contribution in [1.82, 2.24) is 0 Å². The molecule has 0 fully saturated rings. The normalized spacial score (nSPS) is 10.6. The first-order valence-corrected chi connectivity index (χ1v) is 7.12. The van der Waals surface area contributed by atoms with Crippen molar-refractivity contribution >= 4 is 0 Å². The topological polar surface area (TPSA) is 20.2 Å². The molecule has 1 heteroatoms. The molecule has 1 nitrogen and oxygen atoms in total. The molecule has 3 rings (SSSR count). The summed E-state index contributed by atoms with van der Waals surface area (Å²) in [5.74, 6) is 0.321. The number of rotatable bonds is 2. The molecule has 0 unspecified atom stereocenters. The highest BCUT2D eigenvalue weighted by molar-refractivity contribution is 5.80. The van der Waals surface area contributed by atoms with Crippen LogP contribution in [0.1, 0.15) is 11.1 Å². The van der Waals surface area contributed by atoms with Gasteiger partial charge in [-0.25, -0.2) is 0 Å². The molecule has 0 radical (unpaired) electrons. The highest BCUT2D eigenvalue weighted by atomic mass is 16.3. The fraction of sp³-hybridized carbons (Fsp3) is 0.100. The highest BCUT2D eigenvalue weighted by Gasteiger charge is 2.10. The van der Waals surface area contributed by atoms with Gasteiger partial charge in [0.25, 0.3) is 0 Å². The van der Waals surface area contributed by atoms with E-state index in [4.69, 9.17) is 0 Å². The maximum atomic E-state index is 10.1. The summed E-state index contributed by atoms with van der Waals surface area (Å²) in [6, 6.07) is 22.3. The lowest BCUT2D eigenvalue weighted by Crippen LogP contribution is -1.89. The van der Waals surface area contributed by atoms with Gasteiger partial charge < -0.3 is 5.11 Å². The largest absolute Gasteiger partial charge is 0.507 e. The molecule has 104 valence electrons. The number of phenols is 1. The van der Waals surface area contributed by atoms with E-state index in [1.807, 2.05) is 24.3 Å². The summed E-state index contributed by atoms with van der Waals surface area (Å²) in [6.07, 6.45) is 0. The Bertz CT molecular complexity index is 770. The van der Waals surface area contributed by atoms with Crippen molar-refractivity contribution in [3.8, 4) is 28.0 Å². The minimum Gasteiger partial charge on any atom is -0.507 e. The van der Waals surface area contributed by atoms with Gasteiger partial charge in [-0.15, -0.1) is 0 Å². The molecule has 0 saturated heterocycles. The predicted molar refractivity (Wildman–Crippen MR) is 88.5 cm³/mol. The second-order valence-corrected chi connectivity index (χ2v) is 5.36. The first kappa shape index (κ1) is 13.4. The van der Waals surface area contributed by atoms with E-state index >= 15 is 0 Å². The first-order chi connectivity index (χ1) is 10.2. The Morgan fingerprint density at radius 1 is 0.619 bits per heavy atom. The van der Waals surface area contributed by atoms with Crippen LogP contribution in [0.15, 0.2) is 66.7 Å². The van der Waals surface area contributed by atoms with Crippen LogP contribution in [0.3, 0.4) is 0 Å². The van der Waals surface area contributed by atoms with E-state index in [1.165, 1.54) is 22.3 Å². The zero-order valence-corrected chi connectivity index (χ0v) is 12.3. The first-order valence-electron chi connectivity index (χ1n) is 7.12. The minimum atomic E-state index is 0.321. The van der Waals surface area contributed by atoms with Crippen molar-refractivity contribution in [2.24, 2.45) is 0 Å². The van der Waals surface area contributed by atoms with Crippen molar-refractivity contribution in [3.63, 3.8) is 0 Å². The second-order valence-electron chi connectivity index (χ2n) is 5.36. The highest BCUT2D eigenvalue weighted by Crippen LogP contribution is 2.35. The minimum absolute atomic E-state index is 0.321. The third-order valence-electron chi connectivity index (χ3n) is 3.89. The monoisotopic (exact) mass is 274 g/mol. The van der Waals surface area contributed by atoms with Crippen LogP contribution in [0.4, 0.5) is 0 Å². The number of hydrogen-bond donors (Lipinski definition) is 1. The van der Waals surface area contributed by atoms with Crippen LogP contribution in [0.2, 0.25) is 0 Å². The van der Waals surface area contributed by atoms with Gasteiger partial charge in [-0.05, 0) is 42.2 Å². The van der Waals surface area contributed by atoms with Gasteiger partial charge >= 0.3 is 0 Å². The van der Waals surface area contributed by atoms with Crippen LogP contribution < -0.4 is 0 Å². The summed E-state index contributed by atoms with van der Waals surface area (Å²) in [4.78, 5) is 0. The van der Waals surface area contributed by atoms with Gasteiger partial charge in [0, 0.05) is 5.56 Å². The van der Waals surface area contributed by atoms with Crippen LogP contribution in [-0.4, -0.2) is 5.11 Å². The molecule has 0 aromatic heterocycles. The van der Waals surface area contributed by atoms with E-state index in [-0.39, 0.29) is 0 Å².